The van der Waals surface area contributed by atoms with E-state index in [9.17, 15) is 9.90 Å². The lowest BCUT2D eigenvalue weighted by Gasteiger charge is -2.15. The normalized spacial score (nSPS) is 15.1. The Balaban J connectivity index is 2.82. The van der Waals surface area contributed by atoms with Crippen molar-refractivity contribution in [3.05, 3.63) is 18.0 Å². The SMILES string of the molecule is CCC(C(=O)O)C(O)c1cnn(C)c1. The monoisotopic (exact) mass is 198 g/mol. The first kappa shape index (κ1) is 10.7. The first-order chi connectivity index (χ1) is 6.56. The average molecular weight is 198 g/mol. The van der Waals surface area contributed by atoms with Gasteiger partial charge in [0.2, 0.25) is 0 Å². The Morgan fingerprint density at radius 2 is 2.36 bits per heavy atom. The Hall–Kier alpha value is -1.36. The molecule has 0 saturated carbocycles. The summed E-state index contributed by atoms with van der Waals surface area (Å²) < 4.78 is 1.53. The lowest BCUT2D eigenvalue weighted by molar-refractivity contribution is -0.146. The van der Waals surface area contributed by atoms with Crippen molar-refractivity contribution in [3.63, 3.8) is 0 Å². The predicted molar refractivity (Wildman–Crippen MR) is 49.6 cm³/mol. The van der Waals surface area contributed by atoms with Crippen molar-refractivity contribution in [2.24, 2.45) is 13.0 Å². The van der Waals surface area contributed by atoms with E-state index in [1.54, 1.807) is 20.2 Å². The second-order valence-electron chi connectivity index (χ2n) is 3.25. The second kappa shape index (κ2) is 4.23. The molecule has 14 heavy (non-hydrogen) atoms. The third-order valence-corrected chi connectivity index (χ3v) is 2.20. The molecular weight excluding hydrogens is 184 g/mol. The molecule has 0 aliphatic carbocycles. The van der Waals surface area contributed by atoms with Gasteiger partial charge in [0.15, 0.2) is 0 Å². The number of carboxylic acid groups (broad SMARTS) is 1. The summed E-state index contributed by atoms with van der Waals surface area (Å²) in [5.41, 5.74) is 0.543. The zero-order chi connectivity index (χ0) is 10.7. The van der Waals surface area contributed by atoms with E-state index in [0.717, 1.165) is 0 Å². The molecule has 78 valence electrons. The molecule has 0 aliphatic heterocycles. The van der Waals surface area contributed by atoms with Crippen molar-refractivity contribution < 1.29 is 15.0 Å². The predicted octanol–water partition coefficient (Wildman–Crippen LogP) is 0.564. The number of aliphatic carboxylic acids is 1. The van der Waals surface area contributed by atoms with Crippen LogP contribution in [-0.2, 0) is 11.8 Å². The first-order valence-electron chi connectivity index (χ1n) is 4.45. The van der Waals surface area contributed by atoms with Gasteiger partial charge >= 0.3 is 5.97 Å². The number of hydrogen-bond donors (Lipinski definition) is 2. The summed E-state index contributed by atoms with van der Waals surface area (Å²) in [5.74, 6) is -1.75. The lowest BCUT2D eigenvalue weighted by atomic mass is 9.96. The maximum Gasteiger partial charge on any atom is 0.309 e. The van der Waals surface area contributed by atoms with Gasteiger partial charge in [0.25, 0.3) is 0 Å². The number of carbonyl (C=O) groups is 1. The van der Waals surface area contributed by atoms with Crippen LogP contribution in [0.5, 0.6) is 0 Å². The van der Waals surface area contributed by atoms with Crippen LogP contribution in [0.25, 0.3) is 0 Å². The zero-order valence-corrected chi connectivity index (χ0v) is 8.21. The molecule has 0 aliphatic rings. The summed E-state index contributed by atoms with van der Waals surface area (Å²) in [6, 6.07) is 0. The van der Waals surface area contributed by atoms with Crippen molar-refractivity contribution in [1.82, 2.24) is 9.78 Å². The zero-order valence-electron chi connectivity index (χ0n) is 8.21. The Kier molecular flexibility index (Phi) is 3.24. The van der Waals surface area contributed by atoms with Crippen molar-refractivity contribution in [3.8, 4) is 0 Å². The number of rotatable bonds is 4. The minimum absolute atomic E-state index is 0.394. The van der Waals surface area contributed by atoms with Crippen molar-refractivity contribution in [2.75, 3.05) is 0 Å². The summed E-state index contributed by atoms with van der Waals surface area (Å²) in [5, 5.41) is 22.4. The van der Waals surface area contributed by atoms with Crippen LogP contribution in [0.1, 0.15) is 25.0 Å². The van der Waals surface area contributed by atoms with Gasteiger partial charge in [0.1, 0.15) is 0 Å². The number of nitrogens with zero attached hydrogens (tertiary/aromatic N) is 2. The van der Waals surface area contributed by atoms with Crippen LogP contribution in [0.2, 0.25) is 0 Å². The molecular formula is C9H14N2O3. The van der Waals surface area contributed by atoms with Crippen LogP contribution in [0, 0.1) is 5.92 Å². The number of carboxylic acids is 1. The standard InChI is InChI=1S/C9H14N2O3/c1-3-7(9(13)14)8(12)6-4-10-11(2)5-6/h4-5,7-8,12H,3H2,1-2H3,(H,13,14). The third kappa shape index (κ3) is 2.11. The van der Waals surface area contributed by atoms with Gasteiger partial charge in [-0.3, -0.25) is 9.48 Å². The molecule has 2 unspecified atom stereocenters. The van der Waals surface area contributed by atoms with E-state index >= 15 is 0 Å². The van der Waals surface area contributed by atoms with Gasteiger partial charge in [0.05, 0.1) is 18.2 Å². The molecule has 0 radical (unpaired) electrons. The lowest BCUT2D eigenvalue weighted by Crippen LogP contribution is -2.20. The highest BCUT2D eigenvalue weighted by molar-refractivity contribution is 5.70. The summed E-state index contributed by atoms with van der Waals surface area (Å²) in [6.07, 6.45) is 2.52. The van der Waals surface area contributed by atoms with E-state index < -0.39 is 18.0 Å². The second-order valence-corrected chi connectivity index (χ2v) is 3.25. The largest absolute Gasteiger partial charge is 0.481 e. The highest BCUT2D eigenvalue weighted by atomic mass is 16.4. The van der Waals surface area contributed by atoms with Gasteiger partial charge in [-0.05, 0) is 6.42 Å². The minimum atomic E-state index is -0.983. The number of aliphatic hydroxyl groups is 1. The van der Waals surface area contributed by atoms with Gasteiger partial charge in [-0.15, -0.1) is 0 Å². The molecule has 0 aromatic carbocycles. The van der Waals surface area contributed by atoms with Crippen molar-refractivity contribution in [1.29, 1.82) is 0 Å². The molecule has 5 heteroatoms. The van der Waals surface area contributed by atoms with Crippen LogP contribution >= 0.6 is 0 Å². The summed E-state index contributed by atoms with van der Waals surface area (Å²) in [7, 11) is 1.72. The fourth-order valence-corrected chi connectivity index (χ4v) is 1.36. The molecule has 0 spiro atoms. The Labute approximate surface area is 82.0 Å². The molecule has 1 heterocycles. The summed E-state index contributed by atoms with van der Waals surface area (Å²) in [6.45, 7) is 1.73. The third-order valence-electron chi connectivity index (χ3n) is 2.20. The quantitative estimate of drug-likeness (QED) is 0.741. The van der Waals surface area contributed by atoms with E-state index in [0.29, 0.717) is 12.0 Å². The Bertz CT molecular complexity index is 322. The molecule has 1 aromatic heterocycles. The van der Waals surface area contributed by atoms with Crippen molar-refractivity contribution >= 4 is 5.97 Å². The van der Waals surface area contributed by atoms with Gasteiger partial charge in [0, 0.05) is 18.8 Å². The summed E-state index contributed by atoms with van der Waals surface area (Å²) >= 11 is 0. The fourth-order valence-electron chi connectivity index (χ4n) is 1.36. The molecule has 1 aromatic rings. The molecule has 0 fully saturated rings. The highest BCUT2D eigenvalue weighted by Crippen LogP contribution is 2.24. The summed E-state index contributed by atoms with van der Waals surface area (Å²) in [4.78, 5) is 10.8. The molecule has 2 N–H and O–H groups in total. The number of aliphatic hydroxyl groups excluding tert-OH is 1. The number of hydrogen-bond acceptors (Lipinski definition) is 3. The highest BCUT2D eigenvalue weighted by Gasteiger charge is 2.26. The molecule has 0 bridgehead atoms. The van der Waals surface area contributed by atoms with Gasteiger partial charge in [-0.2, -0.15) is 5.10 Å². The van der Waals surface area contributed by atoms with E-state index in [1.807, 2.05) is 0 Å². The van der Waals surface area contributed by atoms with Gasteiger partial charge in [-0.25, -0.2) is 0 Å². The van der Waals surface area contributed by atoms with E-state index in [1.165, 1.54) is 10.9 Å². The van der Waals surface area contributed by atoms with E-state index in [-0.39, 0.29) is 0 Å². The van der Waals surface area contributed by atoms with E-state index in [4.69, 9.17) is 5.11 Å². The maximum atomic E-state index is 10.8. The topological polar surface area (TPSA) is 75.3 Å². The molecule has 0 amide bonds. The smallest absolute Gasteiger partial charge is 0.309 e. The molecule has 0 saturated heterocycles. The Morgan fingerprint density at radius 3 is 2.71 bits per heavy atom. The fraction of sp³-hybridized carbons (Fsp3) is 0.556. The molecule has 1 rings (SSSR count). The number of aryl methyl sites for hydroxylation is 1. The van der Waals surface area contributed by atoms with Crippen molar-refractivity contribution in [2.45, 2.75) is 19.4 Å². The Morgan fingerprint density at radius 1 is 1.71 bits per heavy atom. The van der Waals surface area contributed by atoms with Crippen LogP contribution in [-0.4, -0.2) is 26.0 Å². The van der Waals surface area contributed by atoms with Gasteiger partial charge < -0.3 is 10.2 Å². The average Bonchev–Trinajstić information content (AvgIpc) is 2.52. The van der Waals surface area contributed by atoms with Crippen LogP contribution < -0.4 is 0 Å². The van der Waals surface area contributed by atoms with E-state index in [2.05, 4.69) is 5.10 Å². The van der Waals surface area contributed by atoms with Crippen LogP contribution in [0.15, 0.2) is 12.4 Å². The van der Waals surface area contributed by atoms with Crippen LogP contribution in [0.3, 0.4) is 0 Å². The maximum absolute atomic E-state index is 10.8. The number of aromatic nitrogens is 2. The van der Waals surface area contributed by atoms with Gasteiger partial charge in [-0.1, -0.05) is 6.92 Å². The molecule has 2 atom stereocenters. The van der Waals surface area contributed by atoms with Crippen LogP contribution in [0.4, 0.5) is 0 Å². The minimum Gasteiger partial charge on any atom is -0.481 e. The molecule has 5 nitrogen and oxygen atoms in total. The first-order valence-corrected chi connectivity index (χ1v) is 4.45.